The van der Waals surface area contributed by atoms with Gasteiger partial charge >= 0.3 is 5.97 Å². The molecule has 23 heavy (non-hydrogen) atoms. The Kier molecular flexibility index (Phi) is 4.32. The van der Waals surface area contributed by atoms with E-state index < -0.39 is 12.0 Å². The summed E-state index contributed by atoms with van der Waals surface area (Å²) in [6.07, 6.45) is 0.192. The summed E-state index contributed by atoms with van der Waals surface area (Å²) >= 11 is 11.8. The van der Waals surface area contributed by atoms with E-state index in [0.29, 0.717) is 15.4 Å². The fraction of sp³-hybridized carbons (Fsp3) is 0.200. The number of nitrogens with zero attached hydrogens (tertiary/aromatic N) is 2. The quantitative estimate of drug-likeness (QED) is 0.381. The number of hydrogen-bond donors (Lipinski definition) is 1. The van der Waals surface area contributed by atoms with Gasteiger partial charge in [0, 0.05) is 5.57 Å². The highest BCUT2D eigenvalue weighted by atomic mass is 32.1. The average molecular weight is 362 g/mol. The van der Waals surface area contributed by atoms with E-state index in [1.165, 1.54) is 16.2 Å². The van der Waals surface area contributed by atoms with Crippen molar-refractivity contribution in [3.63, 3.8) is 0 Å². The Morgan fingerprint density at radius 3 is 2.83 bits per heavy atom. The number of carboxylic acids is 1. The lowest BCUT2D eigenvalue weighted by atomic mass is 9.92. The molecule has 1 N–H and O–H groups in total. The molecule has 1 fully saturated rings. The number of carbonyl (C=O) groups is 2. The second-order valence-electron chi connectivity index (χ2n) is 4.97. The van der Waals surface area contributed by atoms with E-state index in [-0.39, 0.29) is 18.9 Å². The third kappa shape index (κ3) is 2.94. The monoisotopic (exact) mass is 362 g/mol. The van der Waals surface area contributed by atoms with Crippen molar-refractivity contribution in [3.05, 3.63) is 34.8 Å². The predicted molar refractivity (Wildman–Crippen MR) is 95.2 cm³/mol. The van der Waals surface area contributed by atoms with Gasteiger partial charge in [-0.15, -0.1) is 11.3 Å². The number of carbonyl (C=O) groups excluding carboxylic acids is 1. The summed E-state index contributed by atoms with van der Waals surface area (Å²) in [5, 5.41) is 12.1. The number of benzene rings is 1. The standard InChI is InChI=1S/C15H10N2O3S3/c18-12-5-10(17(12)6-13(19)20)8(7-21)14(22)15-16-9-3-1-2-4-11(9)23-15/h1-4,10H,5-6H2,(H,19,20). The van der Waals surface area contributed by atoms with Gasteiger partial charge in [-0.25, -0.2) is 4.98 Å². The van der Waals surface area contributed by atoms with Gasteiger partial charge in [0.1, 0.15) is 11.6 Å². The van der Waals surface area contributed by atoms with Crippen LogP contribution in [0.5, 0.6) is 0 Å². The lowest BCUT2D eigenvalue weighted by molar-refractivity contribution is -0.152. The van der Waals surface area contributed by atoms with E-state index in [1.54, 1.807) is 0 Å². The number of aromatic nitrogens is 1. The minimum absolute atomic E-state index is 0.192. The number of carboxylic acid groups (broad SMARTS) is 1. The zero-order chi connectivity index (χ0) is 16.6. The first kappa shape index (κ1) is 15.9. The molecule has 1 aromatic carbocycles. The topological polar surface area (TPSA) is 70.5 Å². The van der Waals surface area contributed by atoms with Gasteiger partial charge in [0.25, 0.3) is 0 Å². The van der Waals surface area contributed by atoms with E-state index in [0.717, 1.165) is 10.2 Å². The number of β-lactam (4-membered cyclic amide) rings is 1. The second kappa shape index (κ2) is 6.25. The SMILES string of the molecule is O=C(O)CN1C(=O)CC1C(=C=S)C(=S)c1nc2ccccc2s1. The Hall–Kier alpha value is -1.99. The molecule has 0 aliphatic carbocycles. The van der Waals surface area contributed by atoms with Crippen molar-refractivity contribution in [1.29, 1.82) is 0 Å². The number of amides is 1. The van der Waals surface area contributed by atoms with Crippen LogP contribution in [0.25, 0.3) is 10.2 Å². The summed E-state index contributed by atoms with van der Waals surface area (Å²) < 4.78 is 1.00. The molecule has 2 heterocycles. The van der Waals surface area contributed by atoms with Crippen LogP contribution in [0.3, 0.4) is 0 Å². The molecule has 116 valence electrons. The summed E-state index contributed by atoms with van der Waals surface area (Å²) in [5.74, 6) is -1.30. The molecule has 8 heteroatoms. The summed E-state index contributed by atoms with van der Waals surface area (Å²) in [7, 11) is 0. The van der Waals surface area contributed by atoms with E-state index >= 15 is 0 Å². The minimum Gasteiger partial charge on any atom is -0.480 e. The molecule has 0 saturated carbocycles. The van der Waals surface area contributed by atoms with Crippen molar-refractivity contribution in [2.24, 2.45) is 0 Å². The zero-order valence-electron chi connectivity index (χ0n) is 11.7. The van der Waals surface area contributed by atoms with Gasteiger partial charge in [-0.05, 0) is 29.4 Å². The first-order valence-corrected chi connectivity index (χ1v) is 8.31. The van der Waals surface area contributed by atoms with E-state index in [9.17, 15) is 9.59 Å². The summed E-state index contributed by atoms with van der Waals surface area (Å²) in [6, 6.07) is 7.22. The van der Waals surface area contributed by atoms with Gasteiger partial charge in [0.2, 0.25) is 5.91 Å². The second-order valence-corrected chi connectivity index (χ2v) is 6.61. The molecule has 1 unspecified atom stereocenters. The maximum Gasteiger partial charge on any atom is 0.323 e. The lowest BCUT2D eigenvalue weighted by Gasteiger charge is -2.39. The number of thiocarbonyl (C=S) groups is 2. The Balaban J connectivity index is 1.89. The highest BCUT2D eigenvalue weighted by Crippen LogP contribution is 2.30. The third-order valence-electron chi connectivity index (χ3n) is 3.55. The van der Waals surface area contributed by atoms with Crippen LogP contribution in [-0.4, -0.2) is 49.3 Å². The number of likely N-dealkylation sites (tertiary alicyclic amines) is 1. The average Bonchev–Trinajstić information content (AvgIpc) is 2.96. The highest BCUT2D eigenvalue weighted by molar-refractivity contribution is 7.82. The molecule has 0 spiro atoms. The fourth-order valence-electron chi connectivity index (χ4n) is 2.41. The molecule has 0 bridgehead atoms. The Morgan fingerprint density at radius 2 is 2.22 bits per heavy atom. The molecule has 3 rings (SSSR count). The smallest absolute Gasteiger partial charge is 0.323 e. The number of fused-ring (bicyclic) bond motifs is 1. The van der Waals surface area contributed by atoms with Gasteiger partial charge in [-0.2, -0.15) is 0 Å². The lowest BCUT2D eigenvalue weighted by Crippen LogP contribution is -2.56. The van der Waals surface area contributed by atoms with Crippen LogP contribution in [0, 0.1) is 0 Å². The Bertz CT molecular complexity index is 850. The number of aliphatic carboxylic acids is 1. The summed E-state index contributed by atoms with van der Waals surface area (Å²) in [5.41, 5.74) is 1.32. The molecule has 5 nitrogen and oxygen atoms in total. The fourth-order valence-corrected chi connectivity index (χ4v) is 3.99. The van der Waals surface area contributed by atoms with Crippen molar-refractivity contribution >= 4 is 67.8 Å². The molecule has 2 aromatic rings. The maximum atomic E-state index is 11.6. The highest BCUT2D eigenvalue weighted by Gasteiger charge is 2.41. The van der Waals surface area contributed by atoms with Crippen molar-refractivity contribution in [2.45, 2.75) is 12.5 Å². The number of rotatable bonds is 5. The number of hydrogen-bond acceptors (Lipinski definition) is 6. The zero-order valence-corrected chi connectivity index (χ0v) is 14.1. The first-order valence-electron chi connectivity index (χ1n) is 6.67. The van der Waals surface area contributed by atoms with Crippen LogP contribution in [0.1, 0.15) is 11.4 Å². The van der Waals surface area contributed by atoms with Crippen LogP contribution in [0.2, 0.25) is 0 Å². The summed E-state index contributed by atoms with van der Waals surface area (Å²) in [4.78, 5) is 28.6. The van der Waals surface area contributed by atoms with E-state index in [1.807, 2.05) is 24.3 Å². The Morgan fingerprint density at radius 1 is 1.48 bits per heavy atom. The van der Waals surface area contributed by atoms with Crippen LogP contribution in [-0.2, 0) is 9.59 Å². The van der Waals surface area contributed by atoms with Crippen molar-refractivity contribution in [2.75, 3.05) is 6.54 Å². The maximum absolute atomic E-state index is 11.6. The molecule has 1 aliphatic heterocycles. The minimum atomic E-state index is -1.07. The van der Waals surface area contributed by atoms with Gasteiger partial charge < -0.3 is 10.0 Å². The number of thiazole rings is 1. The van der Waals surface area contributed by atoms with E-state index in [2.05, 4.69) is 10.0 Å². The van der Waals surface area contributed by atoms with Gasteiger partial charge in [-0.3, -0.25) is 9.59 Å². The third-order valence-corrected chi connectivity index (χ3v) is 5.36. The number of para-hydroxylation sites is 1. The van der Waals surface area contributed by atoms with Crippen LogP contribution in [0.4, 0.5) is 0 Å². The van der Waals surface area contributed by atoms with Crippen LogP contribution < -0.4 is 0 Å². The molecular formula is C15H10N2O3S3. The van der Waals surface area contributed by atoms with Crippen molar-refractivity contribution in [3.8, 4) is 0 Å². The van der Waals surface area contributed by atoms with E-state index in [4.69, 9.17) is 29.5 Å². The summed E-state index contributed by atoms with van der Waals surface area (Å²) in [6.45, 7) is -0.369. The first-order chi connectivity index (χ1) is 11.0. The molecule has 1 saturated heterocycles. The molecule has 1 amide bonds. The van der Waals surface area contributed by atoms with Crippen LogP contribution >= 0.6 is 35.8 Å². The molecule has 0 radical (unpaired) electrons. The predicted octanol–water partition coefficient (Wildman–Crippen LogP) is 2.22. The van der Waals surface area contributed by atoms with Gasteiger partial charge in [-0.1, -0.05) is 24.4 Å². The Labute approximate surface area is 146 Å². The molecule has 1 atom stereocenters. The molecule has 1 aliphatic rings. The van der Waals surface area contributed by atoms with Gasteiger partial charge in [0.15, 0.2) is 0 Å². The van der Waals surface area contributed by atoms with Crippen molar-refractivity contribution in [1.82, 2.24) is 9.88 Å². The van der Waals surface area contributed by atoms with Gasteiger partial charge in [0.05, 0.1) is 27.5 Å². The van der Waals surface area contributed by atoms with Crippen molar-refractivity contribution < 1.29 is 14.7 Å². The normalized spacial score (nSPS) is 16.8. The van der Waals surface area contributed by atoms with Crippen LogP contribution in [0.15, 0.2) is 29.8 Å². The molecular weight excluding hydrogens is 352 g/mol. The molecule has 1 aromatic heterocycles. The largest absolute Gasteiger partial charge is 0.480 e.